The fraction of sp³-hybridized carbons (Fsp3) is 0.500. The molecule has 0 aliphatic carbocycles. The first-order valence-corrected chi connectivity index (χ1v) is 3.37. The molecule has 5 nitrogen and oxygen atoms in total. The predicted molar refractivity (Wildman–Crippen MR) is 37.8 cm³/mol. The van der Waals surface area contributed by atoms with Crippen molar-refractivity contribution in [2.75, 3.05) is 0 Å². The van der Waals surface area contributed by atoms with Gasteiger partial charge >= 0.3 is 0 Å². The van der Waals surface area contributed by atoms with Gasteiger partial charge in [0.2, 0.25) is 5.82 Å². The van der Waals surface area contributed by atoms with Crippen LogP contribution in [0.15, 0.2) is 11.4 Å². The molecule has 1 unspecified atom stereocenters. The van der Waals surface area contributed by atoms with E-state index in [0.29, 0.717) is 6.01 Å². The molecule has 0 fully saturated rings. The Morgan fingerprint density at radius 3 is 3.36 bits per heavy atom. The molecule has 0 amide bonds. The summed E-state index contributed by atoms with van der Waals surface area (Å²) in [5.74, 6) is 0.187. The molecule has 11 heavy (non-hydrogen) atoms. The summed E-state index contributed by atoms with van der Waals surface area (Å²) in [6, 6.07) is 0.493. The lowest BCUT2D eigenvalue weighted by Gasteiger charge is -1.97. The van der Waals surface area contributed by atoms with Crippen molar-refractivity contribution in [3.8, 4) is 6.01 Å². The highest BCUT2D eigenvalue weighted by Gasteiger charge is 2.21. The molecule has 1 atom stereocenters. The molecule has 2 heterocycles. The van der Waals surface area contributed by atoms with E-state index in [4.69, 9.17) is 4.74 Å². The normalized spacial score (nSPS) is 21.0. The number of nitroso groups, excluding NO2 is 1. The molecule has 1 aliphatic heterocycles. The minimum atomic E-state index is 0.151. The van der Waals surface area contributed by atoms with Gasteiger partial charge in [0.05, 0.1) is 12.7 Å². The van der Waals surface area contributed by atoms with Crippen LogP contribution in [-0.2, 0) is 6.54 Å². The van der Waals surface area contributed by atoms with Crippen LogP contribution in [0.1, 0.15) is 6.92 Å². The molecular formula is C6H7N3O2. The van der Waals surface area contributed by atoms with Crippen molar-refractivity contribution in [1.29, 1.82) is 0 Å². The molecule has 1 aliphatic rings. The number of ether oxygens (including phenoxy) is 1. The summed E-state index contributed by atoms with van der Waals surface area (Å²) < 4.78 is 7.02. The van der Waals surface area contributed by atoms with E-state index >= 15 is 0 Å². The van der Waals surface area contributed by atoms with E-state index in [2.05, 4.69) is 10.2 Å². The number of fused-ring (bicyclic) bond motifs is 1. The summed E-state index contributed by atoms with van der Waals surface area (Å²) in [4.78, 5) is 13.8. The lowest BCUT2D eigenvalue weighted by Crippen LogP contribution is -2.07. The molecule has 0 saturated heterocycles. The Labute approximate surface area is 63.0 Å². The minimum absolute atomic E-state index is 0.151. The van der Waals surface area contributed by atoms with E-state index in [1.807, 2.05) is 6.92 Å². The Bertz CT molecular complexity index is 271. The van der Waals surface area contributed by atoms with Crippen LogP contribution < -0.4 is 4.74 Å². The molecule has 0 spiro atoms. The highest BCUT2D eigenvalue weighted by molar-refractivity contribution is 5.28. The van der Waals surface area contributed by atoms with Crippen molar-refractivity contribution in [2.24, 2.45) is 5.18 Å². The first-order valence-electron chi connectivity index (χ1n) is 3.37. The Morgan fingerprint density at radius 2 is 2.73 bits per heavy atom. The smallest absolute Gasteiger partial charge is 0.298 e. The van der Waals surface area contributed by atoms with Crippen LogP contribution in [0.3, 0.4) is 0 Å². The Kier molecular flexibility index (Phi) is 1.18. The molecule has 2 rings (SSSR count). The summed E-state index contributed by atoms with van der Waals surface area (Å²) >= 11 is 0. The second kappa shape index (κ2) is 2.05. The third-order valence-corrected chi connectivity index (χ3v) is 1.58. The van der Waals surface area contributed by atoms with Gasteiger partial charge < -0.3 is 4.74 Å². The monoisotopic (exact) mass is 153 g/mol. The lowest BCUT2D eigenvalue weighted by atomic mass is 10.4. The van der Waals surface area contributed by atoms with Crippen LogP contribution in [0, 0.1) is 4.91 Å². The van der Waals surface area contributed by atoms with Crippen molar-refractivity contribution in [3.05, 3.63) is 11.1 Å². The van der Waals surface area contributed by atoms with Crippen molar-refractivity contribution in [1.82, 2.24) is 9.55 Å². The third-order valence-electron chi connectivity index (χ3n) is 1.58. The van der Waals surface area contributed by atoms with Gasteiger partial charge in [-0.3, -0.25) is 4.57 Å². The van der Waals surface area contributed by atoms with Gasteiger partial charge in [0.25, 0.3) is 6.01 Å². The van der Waals surface area contributed by atoms with Crippen molar-refractivity contribution < 1.29 is 4.74 Å². The van der Waals surface area contributed by atoms with Gasteiger partial charge in [0.1, 0.15) is 6.10 Å². The number of hydrogen-bond acceptors (Lipinski definition) is 4. The van der Waals surface area contributed by atoms with E-state index in [9.17, 15) is 4.91 Å². The molecule has 1 aromatic heterocycles. The van der Waals surface area contributed by atoms with Gasteiger partial charge in [0.15, 0.2) is 0 Å². The van der Waals surface area contributed by atoms with E-state index in [1.54, 1.807) is 10.8 Å². The highest BCUT2D eigenvalue weighted by Crippen LogP contribution is 2.24. The first kappa shape index (κ1) is 6.33. The molecule has 0 N–H and O–H groups in total. The van der Waals surface area contributed by atoms with Crippen molar-refractivity contribution >= 4 is 5.82 Å². The van der Waals surface area contributed by atoms with Crippen LogP contribution in [-0.4, -0.2) is 15.7 Å². The molecule has 0 saturated carbocycles. The number of rotatable bonds is 1. The van der Waals surface area contributed by atoms with Gasteiger partial charge in [0, 0.05) is 0 Å². The van der Waals surface area contributed by atoms with Gasteiger partial charge in [-0.1, -0.05) is 0 Å². The predicted octanol–water partition coefficient (Wildman–Crippen LogP) is 1.06. The third kappa shape index (κ3) is 0.886. The zero-order valence-electron chi connectivity index (χ0n) is 6.02. The van der Waals surface area contributed by atoms with E-state index in [1.165, 1.54) is 0 Å². The summed E-state index contributed by atoms with van der Waals surface area (Å²) in [7, 11) is 0. The van der Waals surface area contributed by atoms with Crippen LogP contribution in [0.4, 0.5) is 5.82 Å². The van der Waals surface area contributed by atoms with Gasteiger partial charge in [-0.15, -0.1) is 4.91 Å². The fourth-order valence-corrected chi connectivity index (χ4v) is 1.15. The van der Waals surface area contributed by atoms with E-state index in [0.717, 1.165) is 6.54 Å². The number of imidazole rings is 1. The molecule has 1 aromatic rings. The Hall–Kier alpha value is -1.39. The Balaban J connectivity index is 2.36. The average Bonchev–Trinajstić information content (AvgIpc) is 2.43. The van der Waals surface area contributed by atoms with Gasteiger partial charge in [-0.05, 0) is 12.1 Å². The zero-order valence-corrected chi connectivity index (χ0v) is 6.02. The van der Waals surface area contributed by atoms with Crippen LogP contribution in [0.2, 0.25) is 0 Å². The maximum atomic E-state index is 10.0. The molecule has 58 valence electrons. The van der Waals surface area contributed by atoms with Crippen molar-refractivity contribution in [2.45, 2.75) is 19.6 Å². The van der Waals surface area contributed by atoms with Crippen LogP contribution >= 0.6 is 0 Å². The molecule has 0 bridgehead atoms. The topological polar surface area (TPSA) is 56.5 Å². The van der Waals surface area contributed by atoms with Crippen molar-refractivity contribution in [3.63, 3.8) is 0 Å². The SMILES string of the molecule is CC1Cn2cc(N=O)nc2O1. The molecular weight excluding hydrogens is 146 g/mol. The summed E-state index contributed by atoms with van der Waals surface area (Å²) in [6.07, 6.45) is 1.74. The number of hydrogen-bond donors (Lipinski definition) is 0. The lowest BCUT2D eigenvalue weighted by molar-refractivity contribution is 0.246. The fourth-order valence-electron chi connectivity index (χ4n) is 1.15. The Morgan fingerprint density at radius 1 is 1.91 bits per heavy atom. The van der Waals surface area contributed by atoms with E-state index in [-0.39, 0.29) is 11.9 Å². The number of aromatic nitrogens is 2. The second-order valence-corrected chi connectivity index (χ2v) is 2.55. The summed E-state index contributed by atoms with van der Waals surface area (Å²) in [6.45, 7) is 2.69. The maximum absolute atomic E-state index is 10.0. The molecule has 5 heteroatoms. The summed E-state index contributed by atoms with van der Waals surface area (Å²) in [5.41, 5.74) is 0. The largest absolute Gasteiger partial charge is 0.460 e. The standard InChI is InChI=1S/C6H7N3O2/c1-4-2-9-3-5(8-10)7-6(9)11-4/h3-4H,2H2,1H3. The highest BCUT2D eigenvalue weighted by atomic mass is 16.5. The quantitative estimate of drug-likeness (QED) is 0.567. The minimum Gasteiger partial charge on any atom is -0.460 e. The van der Waals surface area contributed by atoms with E-state index < -0.39 is 0 Å². The number of nitrogens with zero attached hydrogens (tertiary/aromatic N) is 3. The maximum Gasteiger partial charge on any atom is 0.298 e. The molecule has 0 aromatic carbocycles. The van der Waals surface area contributed by atoms with Gasteiger partial charge in [-0.2, -0.15) is 4.98 Å². The first-order chi connectivity index (χ1) is 5.29. The average molecular weight is 153 g/mol. The van der Waals surface area contributed by atoms with Gasteiger partial charge in [-0.25, -0.2) is 0 Å². The summed E-state index contributed by atoms with van der Waals surface area (Å²) in [5, 5.41) is 2.70. The van der Waals surface area contributed by atoms with Crippen LogP contribution in [0.25, 0.3) is 0 Å². The van der Waals surface area contributed by atoms with Crippen LogP contribution in [0.5, 0.6) is 6.01 Å². The molecule has 0 radical (unpaired) electrons. The zero-order chi connectivity index (χ0) is 7.84. The second-order valence-electron chi connectivity index (χ2n) is 2.55.